The highest BCUT2D eigenvalue weighted by molar-refractivity contribution is 6.00. The number of phenolic OH excluding ortho intramolecular Hbond substituents is 1. The third kappa shape index (κ3) is 5.25. The highest BCUT2D eigenvalue weighted by Gasteiger charge is 2.29. The Morgan fingerprint density at radius 3 is 2.47 bits per heavy atom. The minimum absolute atomic E-state index is 0.0107. The summed E-state index contributed by atoms with van der Waals surface area (Å²) in [5, 5.41) is 25.1. The number of halogens is 3. The Bertz CT molecular complexity index is 1030. The fourth-order valence-corrected chi connectivity index (χ4v) is 2.47. The molecule has 3 aromatic rings. The minimum atomic E-state index is -4.38. The Kier molecular flexibility index (Phi) is 6.19. The number of ether oxygens (including phenoxy) is 1. The van der Waals surface area contributed by atoms with Crippen LogP contribution in [-0.4, -0.2) is 31.0 Å². The number of aryl methyl sites for hydroxylation is 1. The van der Waals surface area contributed by atoms with Gasteiger partial charge >= 0.3 is 6.18 Å². The smallest absolute Gasteiger partial charge is 0.416 e. The number of aromatic nitrogens is 4. The van der Waals surface area contributed by atoms with Crippen LogP contribution in [0.5, 0.6) is 11.5 Å². The predicted molar refractivity (Wildman–Crippen MR) is 99.7 cm³/mol. The summed E-state index contributed by atoms with van der Waals surface area (Å²) in [7, 11) is 1.68. The van der Waals surface area contributed by atoms with Crippen molar-refractivity contribution in [3.8, 4) is 11.5 Å². The monoisotopic (exact) mass is 421 g/mol. The van der Waals surface area contributed by atoms with Gasteiger partial charge in [-0.1, -0.05) is 17.3 Å². The topological polar surface area (TPSA) is 94.7 Å². The molecule has 0 aliphatic heterocycles. The van der Waals surface area contributed by atoms with Crippen molar-refractivity contribution >= 4 is 5.71 Å². The van der Waals surface area contributed by atoms with Gasteiger partial charge in [-0.3, -0.25) is 0 Å². The summed E-state index contributed by atoms with van der Waals surface area (Å²) >= 11 is 0. The normalized spacial score (nSPS) is 12.1. The molecule has 8 nitrogen and oxygen atoms in total. The van der Waals surface area contributed by atoms with Gasteiger partial charge in [0.1, 0.15) is 24.7 Å². The van der Waals surface area contributed by atoms with Crippen LogP contribution < -0.4 is 4.74 Å². The van der Waals surface area contributed by atoms with E-state index in [1.807, 2.05) is 0 Å². The van der Waals surface area contributed by atoms with Gasteiger partial charge in [0.25, 0.3) is 0 Å². The molecule has 0 aliphatic rings. The Morgan fingerprint density at radius 2 is 1.87 bits per heavy atom. The molecular weight excluding hydrogens is 403 g/mol. The van der Waals surface area contributed by atoms with E-state index in [4.69, 9.17) is 9.57 Å². The molecule has 0 aliphatic carbocycles. The van der Waals surface area contributed by atoms with Crippen molar-refractivity contribution in [2.45, 2.75) is 26.3 Å². The second kappa shape index (κ2) is 8.80. The molecule has 1 heterocycles. The average molecular weight is 421 g/mol. The fourth-order valence-electron chi connectivity index (χ4n) is 2.47. The molecule has 30 heavy (non-hydrogen) atoms. The van der Waals surface area contributed by atoms with Gasteiger partial charge in [-0.2, -0.15) is 13.2 Å². The average Bonchev–Trinajstić information content (AvgIpc) is 3.11. The third-order valence-electron chi connectivity index (χ3n) is 4.15. The number of hydrogen-bond donors (Lipinski definition) is 1. The first-order chi connectivity index (χ1) is 14.2. The molecule has 1 aromatic heterocycles. The van der Waals surface area contributed by atoms with Crippen LogP contribution in [0, 0.1) is 0 Å². The van der Waals surface area contributed by atoms with Crippen molar-refractivity contribution < 1.29 is 27.9 Å². The summed E-state index contributed by atoms with van der Waals surface area (Å²) in [6.45, 7) is 1.75. The maximum atomic E-state index is 12.6. The molecule has 0 amide bonds. The largest absolute Gasteiger partial charge is 0.507 e. The number of tetrazole rings is 1. The van der Waals surface area contributed by atoms with Gasteiger partial charge in [-0.15, -0.1) is 5.10 Å². The first-order valence-electron chi connectivity index (χ1n) is 8.74. The number of phenols is 1. The van der Waals surface area contributed by atoms with E-state index in [1.165, 1.54) is 22.9 Å². The molecule has 3 rings (SSSR count). The van der Waals surface area contributed by atoms with E-state index < -0.39 is 11.7 Å². The van der Waals surface area contributed by atoms with Crippen molar-refractivity contribution in [1.29, 1.82) is 0 Å². The quantitative estimate of drug-likeness (QED) is 0.464. The van der Waals surface area contributed by atoms with E-state index in [-0.39, 0.29) is 19.0 Å². The van der Waals surface area contributed by atoms with Crippen LogP contribution in [0.1, 0.15) is 29.4 Å². The molecule has 0 unspecified atom stereocenters. The molecule has 0 bridgehead atoms. The van der Waals surface area contributed by atoms with Crippen LogP contribution in [-0.2, 0) is 31.3 Å². The van der Waals surface area contributed by atoms with Gasteiger partial charge in [0.15, 0.2) is 5.82 Å². The van der Waals surface area contributed by atoms with Crippen molar-refractivity contribution in [1.82, 2.24) is 20.2 Å². The summed E-state index contributed by atoms with van der Waals surface area (Å²) in [5.74, 6) is 0.869. The lowest BCUT2D eigenvalue weighted by atomic mass is 10.1. The van der Waals surface area contributed by atoms with Crippen LogP contribution in [0.15, 0.2) is 47.6 Å². The summed E-state index contributed by atoms with van der Waals surface area (Å²) in [6, 6.07) is 9.29. The van der Waals surface area contributed by atoms with E-state index in [2.05, 4.69) is 20.7 Å². The van der Waals surface area contributed by atoms with Crippen LogP contribution >= 0.6 is 0 Å². The Hall–Kier alpha value is -3.63. The van der Waals surface area contributed by atoms with E-state index in [0.29, 0.717) is 28.4 Å². The minimum Gasteiger partial charge on any atom is -0.507 e. The number of benzene rings is 2. The number of rotatable bonds is 7. The van der Waals surface area contributed by atoms with Gasteiger partial charge < -0.3 is 14.7 Å². The van der Waals surface area contributed by atoms with E-state index in [1.54, 1.807) is 26.1 Å². The lowest BCUT2D eigenvalue weighted by molar-refractivity contribution is -0.137. The van der Waals surface area contributed by atoms with Crippen molar-refractivity contribution in [2.24, 2.45) is 12.2 Å². The van der Waals surface area contributed by atoms with Gasteiger partial charge in [0.2, 0.25) is 0 Å². The predicted octanol–water partition coefficient (Wildman–Crippen LogP) is 3.45. The lowest BCUT2D eigenvalue weighted by Gasteiger charge is -2.09. The van der Waals surface area contributed by atoms with E-state index in [0.717, 1.165) is 12.1 Å². The van der Waals surface area contributed by atoms with Crippen LogP contribution in [0.3, 0.4) is 0 Å². The number of alkyl halides is 3. The first-order valence-corrected chi connectivity index (χ1v) is 8.74. The standard InChI is InChI=1S/C19H18F3N5O3/c1-12(24-30-10-13-3-5-14(6-4-13)19(20,21)22)16-8-7-15(9-17(16)28)29-11-18-23-25-26-27(18)2/h3-9,28H,10-11H2,1-2H3/b24-12+. The number of hydrogen-bond acceptors (Lipinski definition) is 7. The van der Waals surface area contributed by atoms with Gasteiger partial charge in [-0.05, 0) is 47.2 Å². The molecule has 0 saturated heterocycles. The van der Waals surface area contributed by atoms with Gasteiger partial charge in [0, 0.05) is 18.7 Å². The molecule has 0 spiro atoms. The number of aromatic hydroxyl groups is 1. The second-order valence-corrected chi connectivity index (χ2v) is 6.33. The Balaban J connectivity index is 1.58. The van der Waals surface area contributed by atoms with Crippen molar-refractivity contribution in [3.05, 3.63) is 65.0 Å². The summed E-state index contributed by atoms with van der Waals surface area (Å²) in [6.07, 6.45) is -4.38. The maximum absolute atomic E-state index is 12.6. The highest BCUT2D eigenvalue weighted by Crippen LogP contribution is 2.29. The van der Waals surface area contributed by atoms with E-state index in [9.17, 15) is 18.3 Å². The lowest BCUT2D eigenvalue weighted by Crippen LogP contribution is -2.05. The molecule has 0 radical (unpaired) electrons. The number of oxime groups is 1. The summed E-state index contributed by atoms with van der Waals surface area (Å²) in [4.78, 5) is 5.20. The van der Waals surface area contributed by atoms with E-state index >= 15 is 0 Å². The zero-order valence-corrected chi connectivity index (χ0v) is 16.1. The first kappa shape index (κ1) is 21.1. The van der Waals surface area contributed by atoms with Gasteiger partial charge in [0.05, 0.1) is 11.3 Å². The van der Waals surface area contributed by atoms with Crippen molar-refractivity contribution in [2.75, 3.05) is 0 Å². The zero-order valence-electron chi connectivity index (χ0n) is 16.1. The zero-order chi connectivity index (χ0) is 21.7. The molecule has 1 N–H and O–H groups in total. The molecule has 0 atom stereocenters. The molecule has 158 valence electrons. The highest BCUT2D eigenvalue weighted by atomic mass is 19.4. The van der Waals surface area contributed by atoms with Crippen LogP contribution in [0.25, 0.3) is 0 Å². The molecular formula is C19H18F3N5O3. The van der Waals surface area contributed by atoms with Crippen LogP contribution in [0.2, 0.25) is 0 Å². The summed E-state index contributed by atoms with van der Waals surface area (Å²) < 4.78 is 44.7. The Morgan fingerprint density at radius 1 is 1.13 bits per heavy atom. The SMILES string of the molecule is C/C(=N\OCc1ccc(C(F)(F)F)cc1)c1ccc(OCc2nnnn2C)cc1O. The van der Waals surface area contributed by atoms with Crippen LogP contribution in [0.4, 0.5) is 13.2 Å². The number of nitrogens with zero attached hydrogens (tertiary/aromatic N) is 5. The summed E-state index contributed by atoms with van der Waals surface area (Å²) in [5.41, 5.74) is 0.623. The molecule has 2 aromatic carbocycles. The molecule has 0 saturated carbocycles. The fraction of sp³-hybridized carbons (Fsp3) is 0.263. The molecule has 0 fully saturated rings. The molecule has 11 heteroatoms. The third-order valence-corrected chi connectivity index (χ3v) is 4.15. The van der Waals surface area contributed by atoms with Crippen molar-refractivity contribution in [3.63, 3.8) is 0 Å². The maximum Gasteiger partial charge on any atom is 0.416 e. The van der Waals surface area contributed by atoms with Gasteiger partial charge in [-0.25, -0.2) is 4.68 Å². The second-order valence-electron chi connectivity index (χ2n) is 6.33. The Labute approximate surface area is 169 Å².